The maximum atomic E-state index is 4.52. The molecule has 0 spiro atoms. The van der Waals surface area contributed by atoms with Gasteiger partial charge in [0.25, 0.3) is 0 Å². The minimum atomic E-state index is 0.817. The predicted octanol–water partition coefficient (Wildman–Crippen LogP) is 3.56. The zero-order valence-corrected chi connectivity index (χ0v) is 15.4. The van der Waals surface area contributed by atoms with Crippen LogP contribution in [-0.2, 0) is 6.54 Å². The van der Waals surface area contributed by atoms with Crippen molar-refractivity contribution in [3.63, 3.8) is 0 Å². The van der Waals surface area contributed by atoms with Crippen molar-refractivity contribution >= 4 is 22.7 Å². The fourth-order valence-electron chi connectivity index (χ4n) is 4.14. The van der Waals surface area contributed by atoms with E-state index in [-0.39, 0.29) is 0 Å². The van der Waals surface area contributed by atoms with E-state index in [0.717, 1.165) is 18.1 Å². The first-order valence-corrected chi connectivity index (χ1v) is 10.3. The summed E-state index contributed by atoms with van der Waals surface area (Å²) in [5.74, 6) is 2.64. The Bertz CT molecular complexity index is 688. The van der Waals surface area contributed by atoms with E-state index in [1.165, 1.54) is 67.0 Å². The summed E-state index contributed by atoms with van der Waals surface area (Å²) >= 11 is 2.11. The van der Waals surface area contributed by atoms with E-state index in [9.17, 15) is 0 Å². The number of piperidine rings is 1. The predicted molar refractivity (Wildman–Crippen MR) is 104 cm³/mol. The quantitative estimate of drug-likeness (QED) is 0.850. The molecule has 0 N–H and O–H groups in total. The number of nitrogens with zero attached hydrogens (tertiary/aromatic N) is 3. The largest absolute Gasteiger partial charge is 0.299 e. The third kappa shape index (κ3) is 3.46. The molecule has 2 aromatic rings. The molecule has 0 bridgehead atoms. The number of pyridine rings is 1. The first kappa shape index (κ1) is 16.4. The molecule has 0 radical (unpaired) electrons. The van der Waals surface area contributed by atoms with E-state index in [2.05, 4.69) is 57.7 Å². The molecule has 0 unspecified atom stereocenters. The number of hydrogen-bond donors (Lipinski definition) is 0. The Morgan fingerprint density at radius 2 is 1.88 bits per heavy atom. The SMILES string of the molecule is Cc1ccc2ncccc2c1CN1CCC(N2CCSCC2)CC1. The Labute approximate surface area is 149 Å². The van der Waals surface area contributed by atoms with Crippen LogP contribution in [0.5, 0.6) is 0 Å². The summed E-state index contributed by atoms with van der Waals surface area (Å²) in [6.07, 6.45) is 4.54. The Balaban J connectivity index is 1.43. The van der Waals surface area contributed by atoms with E-state index < -0.39 is 0 Å². The van der Waals surface area contributed by atoms with Crippen molar-refractivity contribution in [2.75, 3.05) is 37.7 Å². The molecule has 3 heterocycles. The number of aryl methyl sites for hydroxylation is 1. The molecule has 1 aromatic heterocycles. The van der Waals surface area contributed by atoms with Gasteiger partial charge in [-0.15, -0.1) is 0 Å². The smallest absolute Gasteiger partial charge is 0.0705 e. The van der Waals surface area contributed by atoms with Gasteiger partial charge in [-0.3, -0.25) is 14.8 Å². The highest BCUT2D eigenvalue weighted by Crippen LogP contribution is 2.25. The van der Waals surface area contributed by atoms with Gasteiger partial charge in [0.05, 0.1) is 5.52 Å². The average molecular weight is 342 g/mol. The van der Waals surface area contributed by atoms with Gasteiger partial charge in [-0.25, -0.2) is 0 Å². The number of hydrogen-bond acceptors (Lipinski definition) is 4. The lowest BCUT2D eigenvalue weighted by atomic mass is 9.99. The van der Waals surface area contributed by atoms with Crippen molar-refractivity contribution in [3.8, 4) is 0 Å². The maximum absolute atomic E-state index is 4.52. The molecular formula is C20H27N3S. The first-order valence-electron chi connectivity index (χ1n) is 9.18. The van der Waals surface area contributed by atoms with Crippen LogP contribution >= 0.6 is 11.8 Å². The number of aromatic nitrogens is 1. The van der Waals surface area contributed by atoms with Gasteiger partial charge < -0.3 is 0 Å². The number of rotatable bonds is 3. The lowest BCUT2D eigenvalue weighted by Crippen LogP contribution is -2.47. The second kappa shape index (κ2) is 7.42. The van der Waals surface area contributed by atoms with E-state index in [1.54, 1.807) is 0 Å². The van der Waals surface area contributed by atoms with Crippen LogP contribution in [-0.4, -0.2) is 58.5 Å². The molecule has 2 saturated heterocycles. The molecule has 24 heavy (non-hydrogen) atoms. The summed E-state index contributed by atoms with van der Waals surface area (Å²) in [4.78, 5) is 9.90. The van der Waals surface area contributed by atoms with E-state index >= 15 is 0 Å². The monoisotopic (exact) mass is 341 g/mol. The minimum absolute atomic E-state index is 0.817. The molecule has 4 heteroatoms. The van der Waals surface area contributed by atoms with Gasteiger partial charge in [0.2, 0.25) is 0 Å². The highest BCUT2D eigenvalue weighted by molar-refractivity contribution is 7.99. The van der Waals surface area contributed by atoms with E-state index in [1.807, 2.05) is 6.20 Å². The Hall–Kier alpha value is -1.10. The van der Waals surface area contributed by atoms with Crippen molar-refractivity contribution in [2.24, 2.45) is 0 Å². The van der Waals surface area contributed by atoms with Crippen molar-refractivity contribution in [3.05, 3.63) is 41.6 Å². The van der Waals surface area contributed by atoms with Crippen LogP contribution < -0.4 is 0 Å². The van der Waals surface area contributed by atoms with Gasteiger partial charge in [-0.2, -0.15) is 11.8 Å². The lowest BCUT2D eigenvalue weighted by molar-refractivity contribution is 0.112. The number of benzene rings is 1. The molecule has 2 fully saturated rings. The molecule has 2 aliphatic heterocycles. The summed E-state index contributed by atoms with van der Waals surface area (Å²) in [6.45, 7) is 8.35. The van der Waals surface area contributed by atoms with Crippen molar-refractivity contribution < 1.29 is 0 Å². The molecule has 0 saturated carbocycles. The molecule has 0 atom stereocenters. The molecule has 4 rings (SSSR count). The summed E-state index contributed by atoms with van der Waals surface area (Å²) in [5.41, 5.74) is 3.98. The van der Waals surface area contributed by atoms with Gasteiger partial charge in [0, 0.05) is 48.8 Å². The third-order valence-electron chi connectivity index (χ3n) is 5.63. The van der Waals surface area contributed by atoms with Crippen LogP contribution in [0.3, 0.4) is 0 Å². The number of thioether (sulfide) groups is 1. The molecule has 1 aromatic carbocycles. The molecular weight excluding hydrogens is 314 g/mol. The Kier molecular flexibility index (Phi) is 5.06. The minimum Gasteiger partial charge on any atom is -0.299 e. The van der Waals surface area contributed by atoms with Crippen LogP contribution in [0.2, 0.25) is 0 Å². The van der Waals surface area contributed by atoms with Crippen LogP contribution in [0, 0.1) is 6.92 Å². The standard InChI is InChI=1S/C20H27N3S/c1-16-4-5-20-18(3-2-8-21-20)19(16)15-22-9-6-17(7-10-22)23-11-13-24-14-12-23/h2-5,8,17H,6-7,9-15H2,1H3. The van der Waals surface area contributed by atoms with Crippen LogP contribution in [0.1, 0.15) is 24.0 Å². The zero-order chi connectivity index (χ0) is 16.4. The maximum Gasteiger partial charge on any atom is 0.0705 e. The number of likely N-dealkylation sites (tertiary alicyclic amines) is 1. The lowest BCUT2D eigenvalue weighted by Gasteiger charge is -2.40. The van der Waals surface area contributed by atoms with Gasteiger partial charge in [-0.05, 0) is 56.1 Å². The Morgan fingerprint density at radius 1 is 1.08 bits per heavy atom. The summed E-state index contributed by atoms with van der Waals surface area (Å²) in [6, 6.07) is 9.48. The fraction of sp³-hybridized carbons (Fsp3) is 0.550. The highest BCUT2D eigenvalue weighted by atomic mass is 32.2. The fourth-order valence-corrected chi connectivity index (χ4v) is 5.07. The number of fused-ring (bicyclic) bond motifs is 1. The van der Waals surface area contributed by atoms with Gasteiger partial charge in [-0.1, -0.05) is 12.1 Å². The second-order valence-corrected chi connectivity index (χ2v) is 8.31. The highest BCUT2D eigenvalue weighted by Gasteiger charge is 2.26. The Morgan fingerprint density at radius 3 is 2.67 bits per heavy atom. The molecule has 128 valence electrons. The van der Waals surface area contributed by atoms with E-state index in [4.69, 9.17) is 0 Å². The normalized spacial score (nSPS) is 21.4. The van der Waals surface area contributed by atoms with Crippen LogP contribution in [0.4, 0.5) is 0 Å². The second-order valence-electron chi connectivity index (χ2n) is 7.09. The summed E-state index contributed by atoms with van der Waals surface area (Å²) < 4.78 is 0. The van der Waals surface area contributed by atoms with Crippen molar-refractivity contribution in [1.82, 2.24) is 14.8 Å². The topological polar surface area (TPSA) is 19.4 Å². The zero-order valence-electron chi connectivity index (χ0n) is 14.6. The van der Waals surface area contributed by atoms with Crippen molar-refractivity contribution in [1.29, 1.82) is 0 Å². The molecule has 0 amide bonds. The van der Waals surface area contributed by atoms with Crippen molar-refractivity contribution in [2.45, 2.75) is 32.4 Å². The third-order valence-corrected chi connectivity index (χ3v) is 6.57. The van der Waals surface area contributed by atoms with Gasteiger partial charge in [0.15, 0.2) is 0 Å². The molecule has 2 aliphatic rings. The molecule has 0 aliphatic carbocycles. The average Bonchev–Trinajstić information content (AvgIpc) is 2.65. The van der Waals surface area contributed by atoms with Crippen LogP contribution in [0.15, 0.2) is 30.5 Å². The van der Waals surface area contributed by atoms with Gasteiger partial charge in [0.1, 0.15) is 0 Å². The molecule has 3 nitrogen and oxygen atoms in total. The summed E-state index contributed by atoms with van der Waals surface area (Å²) in [7, 11) is 0. The first-order chi connectivity index (χ1) is 11.8. The van der Waals surface area contributed by atoms with Crippen LogP contribution in [0.25, 0.3) is 10.9 Å². The van der Waals surface area contributed by atoms with E-state index in [0.29, 0.717) is 0 Å². The summed E-state index contributed by atoms with van der Waals surface area (Å²) in [5, 5.41) is 1.33. The van der Waals surface area contributed by atoms with Gasteiger partial charge >= 0.3 is 0 Å².